The SMILES string of the molecule is Cc1csc([C@@H]2CCCN(c3cc(N4CCOCC4)ncn3)C2)n1. The number of aromatic nitrogens is 3. The number of anilines is 2. The fourth-order valence-corrected chi connectivity index (χ4v) is 4.35. The largest absolute Gasteiger partial charge is 0.378 e. The molecular weight excluding hydrogens is 322 g/mol. The molecule has 0 amide bonds. The van der Waals surface area contributed by atoms with Crippen LogP contribution in [0, 0.1) is 6.92 Å². The molecule has 2 aromatic rings. The van der Waals surface area contributed by atoms with Gasteiger partial charge in [0.25, 0.3) is 0 Å². The van der Waals surface area contributed by atoms with Gasteiger partial charge < -0.3 is 14.5 Å². The summed E-state index contributed by atoms with van der Waals surface area (Å²) >= 11 is 1.79. The van der Waals surface area contributed by atoms with Crippen LogP contribution in [0.4, 0.5) is 11.6 Å². The zero-order valence-electron chi connectivity index (χ0n) is 14.0. The van der Waals surface area contributed by atoms with Crippen molar-refractivity contribution < 1.29 is 4.74 Å². The highest BCUT2D eigenvalue weighted by Gasteiger charge is 2.25. The van der Waals surface area contributed by atoms with Gasteiger partial charge in [0.05, 0.1) is 18.2 Å². The van der Waals surface area contributed by atoms with Gasteiger partial charge in [-0.25, -0.2) is 15.0 Å². The molecule has 2 aromatic heterocycles. The molecule has 0 spiro atoms. The second-order valence-corrected chi connectivity index (χ2v) is 7.34. The maximum absolute atomic E-state index is 5.43. The highest BCUT2D eigenvalue weighted by Crippen LogP contribution is 2.31. The fraction of sp³-hybridized carbons (Fsp3) is 0.588. The predicted octanol–water partition coefficient (Wildman–Crippen LogP) is 2.46. The smallest absolute Gasteiger partial charge is 0.134 e. The molecule has 1 atom stereocenters. The highest BCUT2D eigenvalue weighted by molar-refractivity contribution is 7.09. The molecule has 2 aliphatic heterocycles. The van der Waals surface area contributed by atoms with Crippen LogP contribution in [0.15, 0.2) is 17.8 Å². The first kappa shape index (κ1) is 15.8. The summed E-state index contributed by atoms with van der Waals surface area (Å²) in [6.45, 7) is 7.46. The number of nitrogens with zero attached hydrogens (tertiary/aromatic N) is 5. The van der Waals surface area contributed by atoms with Crippen LogP contribution in [0.1, 0.15) is 29.5 Å². The number of hydrogen-bond acceptors (Lipinski definition) is 7. The number of aryl methyl sites for hydroxylation is 1. The van der Waals surface area contributed by atoms with E-state index in [4.69, 9.17) is 9.72 Å². The molecule has 2 fully saturated rings. The summed E-state index contributed by atoms with van der Waals surface area (Å²) < 4.78 is 5.43. The van der Waals surface area contributed by atoms with Crippen LogP contribution in [-0.4, -0.2) is 54.3 Å². The van der Waals surface area contributed by atoms with Gasteiger partial charge in [0.2, 0.25) is 0 Å². The van der Waals surface area contributed by atoms with E-state index >= 15 is 0 Å². The summed E-state index contributed by atoms with van der Waals surface area (Å²) in [6.07, 6.45) is 4.09. The van der Waals surface area contributed by atoms with Crippen LogP contribution < -0.4 is 9.80 Å². The van der Waals surface area contributed by atoms with Gasteiger partial charge in [-0.15, -0.1) is 11.3 Å². The van der Waals surface area contributed by atoms with Gasteiger partial charge in [-0.3, -0.25) is 0 Å². The number of thiazole rings is 1. The molecule has 128 valence electrons. The summed E-state index contributed by atoms with van der Waals surface area (Å²) in [7, 11) is 0. The Morgan fingerprint density at radius 2 is 1.92 bits per heavy atom. The van der Waals surface area contributed by atoms with Crippen molar-refractivity contribution in [2.75, 3.05) is 49.2 Å². The fourth-order valence-electron chi connectivity index (χ4n) is 3.42. The van der Waals surface area contributed by atoms with Gasteiger partial charge in [0.1, 0.15) is 18.0 Å². The average molecular weight is 345 g/mol. The molecular formula is C17H23N5OS. The number of rotatable bonds is 3. The van der Waals surface area contributed by atoms with Gasteiger partial charge in [-0.05, 0) is 19.8 Å². The monoisotopic (exact) mass is 345 g/mol. The maximum atomic E-state index is 5.43. The van der Waals surface area contributed by atoms with E-state index in [1.165, 1.54) is 17.8 Å². The van der Waals surface area contributed by atoms with E-state index in [9.17, 15) is 0 Å². The molecule has 0 aliphatic carbocycles. The molecule has 0 aromatic carbocycles. The lowest BCUT2D eigenvalue weighted by molar-refractivity contribution is 0.122. The Kier molecular flexibility index (Phi) is 4.62. The Hall–Kier alpha value is -1.73. The zero-order valence-corrected chi connectivity index (χ0v) is 14.8. The van der Waals surface area contributed by atoms with E-state index in [1.54, 1.807) is 17.7 Å². The van der Waals surface area contributed by atoms with Crippen molar-refractivity contribution in [2.24, 2.45) is 0 Å². The lowest BCUT2D eigenvalue weighted by Gasteiger charge is -2.33. The molecule has 2 saturated heterocycles. The predicted molar refractivity (Wildman–Crippen MR) is 96.1 cm³/mol. The van der Waals surface area contributed by atoms with Crippen molar-refractivity contribution in [1.29, 1.82) is 0 Å². The van der Waals surface area contributed by atoms with E-state index in [-0.39, 0.29) is 0 Å². The van der Waals surface area contributed by atoms with Gasteiger partial charge in [-0.2, -0.15) is 0 Å². The van der Waals surface area contributed by atoms with Crippen molar-refractivity contribution in [3.63, 3.8) is 0 Å². The van der Waals surface area contributed by atoms with E-state index in [0.29, 0.717) is 5.92 Å². The van der Waals surface area contributed by atoms with Crippen LogP contribution in [0.2, 0.25) is 0 Å². The van der Waals surface area contributed by atoms with Gasteiger partial charge >= 0.3 is 0 Å². The number of ether oxygens (including phenoxy) is 1. The van der Waals surface area contributed by atoms with Gasteiger partial charge in [0, 0.05) is 49.2 Å². The number of piperidine rings is 1. The second-order valence-electron chi connectivity index (χ2n) is 6.45. The lowest BCUT2D eigenvalue weighted by Crippen LogP contribution is -2.38. The summed E-state index contributed by atoms with van der Waals surface area (Å²) in [5, 5.41) is 3.41. The normalized spacial score (nSPS) is 22.0. The zero-order chi connectivity index (χ0) is 16.4. The summed E-state index contributed by atoms with van der Waals surface area (Å²) in [5.74, 6) is 2.55. The Labute approximate surface area is 146 Å². The summed E-state index contributed by atoms with van der Waals surface area (Å²) in [5.41, 5.74) is 1.13. The Bertz CT molecular complexity index is 685. The Morgan fingerprint density at radius 1 is 1.12 bits per heavy atom. The molecule has 0 N–H and O–H groups in total. The van der Waals surface area contributed by atoms with Crippen LogP contribution in [-0.2, 0) is 4.74 Å². The minimum absolute atomic E-state index is 0.513. The van der Waals surface area contributed by atoms with Crippen LogP contribution in [0.25, 0.3) is 0 Å². The topological polar surface area (TPSA) is 54.4 Å². The molecule has 0 radical (unpaired) electrons. The quantitative estimate of drug-likeness (QED) is 0.852. The van der Waals surface area contributed by atoms with Gasteiger partial charge in [0.15, 0.2) is 0 Å². The molecule has 0 bridgehead atoms. The first-order valence-corrected chi connectivity index (χ1v) is 9.49. The molecule has 0 unspecified atom stereocenters. The Balaban J connectivity index is 1.50. The average Bonchev–Trinajstić information content (AvgIpc) is 3.09. The lowest BCUT2D eigenvalue weighted by atomic mass is 9.99. The first-order chi connectivity index (χ1) is 11.8. The summed E-state index contributed by atoms with van der Waals surface area (Å²) in [4.78, 5) is 18.3. The van der Waals surface area contributed by atoms with Crippen LogP contribution >= 0.6 is 11.3 Å². The molecule has 0 saturated carbocycles. The third-order valence-electron chi connectivity index (χ3n) is 4.70. The van der Waals surface area contributed by atoms with Crippen LogP contribution in [0.5, 0.6) is 0 Å². The Morgan fingerprint density at radius 3 is 2.67 bits per heavy atom. The molecule has 4 heterocycles. The van der Waals surface area contributed by atoms with Crippen molar-refractivity contribution >= 4 is 23.0 Å². The maximum Gasteiger partial charge on any atom is 0.134 e. The first-order valence-electron chi connectivity index (χ1n) is 8.61. The van der Waals surface area contributed by atoms with Gasteiger partial charge in [-0.1, -0.05) is 0 Å². The third-order valence-corrected chi connectivity index (χ3v) is 5.83. The molecule has 24 heavy (non-hydrogen) atoms. The molecule has 4 rings (SSSR count). The van der Waals surface area contributed by atoms with Crippen molar-refractivity contribution in [1.82, 2.24) is 15.0 Å². The molecule has 7 heteroatoms. The third kappa shape index (κ3) is 3.37. The number of hydrogen-bond donors (Lipinski definition) is 0. The minimum atomic E-state index is 0.513. The van der Waals surface area contributed by atoms with Crippen molar-refractivity contribution in [3.05, 3.63) is 28.5 Å². The van der Waals surface area contributed by atoms with E-state index in [2.05, 4.69) is 38.1 Å². The molecule has 6 nitrogen and oxygen atoms in total. The van der Waals surface area contributed by atoms with E-state index < -0.39 is 0 Å². The minimum Gasteiger partial charge on any atom is -0.378 e. The summed E-state index contributed by atoms with van der Waals surface area (Å²) in [6, 6.07) is 2.13. The van der Waals surface area contributed by atoms with Crippen LogP contribution in [0.3, 0.4) is 0 Å². The van der Waals surface area contributed by atoms with E-state index in [0.717, 1.165) is 56.7 Å². The van der Waals surface area contributed by atoms with Crippen molar-refractivity contribution in [2.45, 2.75) is 25.7 Å². The standard InChI is InChI=1S/C17H23N5OS/c1-13-11-24-17(20-13)14-3-2-4-22(10-14)16-9-15(18-12-19-16)21-5-7-23-8-6-21/h9,11-12,14H,2-8,10H2,1H3/t14-/m1/s1. The highest BCUT2D eigenvalue weighted by atomic mass is 32.1. The second kappa shape index (κ2) is 7.03. The van der Waals surface area contributed by atoms with E-state index in [1.807, 2.05) is 0 Å². The molecule has 2 aliphatic rings. The number of morpholine rings is 1. The van der Waals surface area contributed by atoms with Crippen molar-refractivity contribution in [3.8, 4) is 0 Å².